The predicted octanol–water partition coefficient (Wildman–Crippen LogP) is 3.71. The Labute approximate surface area is 119 Å². The standard InChI is InChI=1S/C17H21NO2/c19-16(20)13-9-12-10-17(6-1-2-7-17)8-5-14(12)18-15(13)11-3-4-11/h9,11H,1-8,10H2,(H,19,20). The van der Waals surface area contributed by atoms with Crippen molar-refractivity contribution in [1.29, 1.82) is 0 Å². The number of aromatic carboxylic acids is 1. The summed E-state index contributed by atoms with van der Waals surface area (Å²) in [7, 11) is 0. The van der Waals surface area contributed by atoms with Crippen LogP contribution in [0, 0.1) is 5.41 Å². The van der Waals surface area contributed by atoms with E-state index in [1.165, 1.54) is 43.4 Å². The van der Waals surface area contributed by atoms with Crippen molar-refractivity contribution in [3.63, 3.8) is 0 Å². The molecule has 0 aliphatic heterocycles. The van der Waals surface area contributed by atoms with E-state index in [9.17, 15) is 9.90 Å². The van der Waals surface area contributed by atoms with Crippen molar-refractivity contribution in [2.45, 2.75) is 63.7 Å². The molecule has 0 aromatic carbocycles. The summed E-state index contributed by atoms with van der Waals surface area (Å²) in [5.41, 5.74) is 4.21. The van der Waals surface area contributed by atoms with E-state index in [0.29, 0.717) is 16.9 Å². The Hall–Kier alpha value is -1.38. The first-order valence-electron chi connectivity index (χ1n) is 7.93. The monoisotopic (exact) mass is 271 g/mol. The van der Waals surface area contributed by atoms with E-state index >= 15 is 0 Å². The molecule has 0 bridgehead atoms. The maximum Gasteiger partial charge on any atom is 0.337 e. The molecule has 3 heteroatoms. The van der Waals surface area contributed by atoms with Crippen LogP contribution in [-0.4, -0.2) is 16.1 Å². The summed E-state index contributed by atoms with van der Waals surface area (Å²) in [5, 5.41) is 9.46. The molecular weight excluding hydrogens is 250 g/mol. The van der Waals surface area contributed by atoms with E-state index in [4.69, 9.17) is 4.98 Å². The summed E-state index contributed by atoms with van der Waals surface area (Å²) >= 11 is 0. The van der Waals surface area contributed by atoms with Gasteiger partial charge in [-0.2, -0.15) is 0 Å². The summed E-state index contributed by atoms with van der Waals surface area (Å²) in [6.45, 7) is 0. The van der Waals surface area contributed by atoms with Gasteiger partial charge in [-0.15, -0.1) is 0 Å². The zero-order chi connectivity index (χ0) is 13.7. The van der Waals surface area contributed by atoms with Crippen molar-refractivity contribution in [2.75, 3.05) is 0 Å². The predicted molar refractivity (Wildman–Crippen MR) is 76.1 cm³/mol. The quantitative estimate of drug-likeness (QED) is 0.892. The van der Waals surface area contributed by atoms with E-state index < -0.39 is 5.97 Å². The Kier molecular flexibility index (Phi) is 2.66. The highest BCUT2D eigenvalue weighted by Crippen LogP contribution is 2.48. The minimum absolute atomic E-state index is 0.411. The lowest BCUT2D eigenvalue weighted by molar-refractivity contribution is 0.0694. The molecule has 3 aliphatic rings. The molecule has 0 amide bonds. The van der Waals surface area contributed by atoms with Crippen LogP contribution in [0.3, 0.4) is 0 Å². The third-order valence-corrected chi connectivity index (χ3v) is 5.54. The number of carbonyl (C=O) groups is 1. The fourth-order valence-electron chi connectivity index (χ4n) is 4.25. The number of carboxylic acids is 1. The number of carboxylic acid groups (broad SMARTS) is 1. The topological polar surface area (TPSA) is 50.2 Å². The molecule has 0 unspecified atom stereocenters. The second-order valence-electron chi connectivity index (χ2n) is 6.99. The van der Waals surface area contributed by atoms with Crippen molar-refractivity contribution < 1.29 is 9.90 Å². The molecule has 3 nitrogen and oxygen atoms in total. The third-order valence-electron chi connectivity index (χ3n) is 5.54. The number of nitrogens with zero attached hydrogens (tertiary/aromatic N) is 1. The van der Waals surface area contributed by atoms with Gasteiger partial charge in [0.1, 0.15) is 0 Å². The largest absolute Gasteiger partial charge is 0.478 e. The minimum atomic E-state index is -0.798. The number of pyridine rings is 1. The van der Waals surface area contributed by atoms with Crippen LogP contribution in [0.15, 0.2) is 6.07 Å². The molecule has 0 radical (unpaired) electrons. The average molecular weight is 271 g/mol. The molecule has 2 saturated carbocycles. The number of hydrogen-bond donors (Lipinski definition) is 1. The van der Waals surface area contributed by atoms with Gasteiger partial charge in [0.05, 0.1) is 11.3 Å². The first-order chi connectivity index (χ1) is 9.67. The Morgan fingerprint density at radius 3 is 2.65 bits per heavy atom. The SMILES string of the molecule is O=C(O)c1cc2c(nc1C1CC1)CCC1(CCCC1)C2. The van der Waals surface area contributed by atoms with Gasteiger partial charge in [-0.1, -0.05) is 12.8 Å². The highest BCUT2D eigenvalue weighted by Gasteiger charge is 2.39. The van der Waals surface area contributed by atoms with Gasteiger partial charge in [0.2, 0.25) is 0 Å². The molecule has 4 rings (SSSR count). The van der Waals surface area contributed by atoms with Crippen LogP contribution < -0.4 is 0 Å². The van der Waals surface area contributed by atoms with E-state index in [2.05, 4.69) is 0 Å². The maximum absolute atomic E-state index is 11.5. The van der Waals surface area contributed by atoms with Gasteiger partial charge in [0, 0.05) is 11.6 Å². The fraction of sp³-hybridized carbons (Fsp3) is 0.647. The van der Waals surface area contributed by atoms with Gasteiger partial charge < -0.3 is 5.11 Å². The molecule has 0 atom stereocenters. The van der Waals surface area contributed by atoms with Crippen molar-refractivity contribution >= 4 is 5.97 Å². The van der Waals surface area contributed by atoms with Crippen molar-refractivity contribution in [3.8, 4) is 0 Å². The summed E-state index contributed by atoms with van der Waals surface area (Å²) in [6, 6.07) is 1.96. The van der Waals surface area contributed by atoms with Gasteiger partial charge >= 0.3 is 5.97 Å². The van der Waals surface area contributed by atoms with Crippen molar-refractivity contribution in [3.05, 3.63) is 28.6 Å². The first-order valence-corrected chi connectivity index (χ1v) is 7.93. The van der Waals surface area contributed by atoms with Gasteiger partial charge in [0.25, 0.3) is 0 Å². The van der Waals surface area contributed by atoms with Crippen LogP contribution in [0.1, 0.15) is 78.2 Å². The number of rotatable bonds is 2. The van der Waals surface area contributed by atoms with Gasteiger partial charge in [-0.3, -0.25) is 4.98 Å². The lowest BCUT2D eigenvalue weighted by Crippen LogP contribution is -2.27. The molecule has 3 aliphatic carbocycles. The normalized spacial score (nSPS) is 23.8. The van der Waals surface area contributed by atoms with Crippen LogP contribution >= 0.6 is 0 Å². The third kappa shape index (κ3) is 1.95. The van der Waals surface area contributed by atoms with E-state index in [1.54, 1.807) is 0 Å². The van der Waals surface area contributed by atoms with E-state index in [0.717, 1.165) is 31.4 Å². The molecule has 20 heavy (non-hydrogen) atoms. The lowest BCUT2D eigenvalue weighted by atomic mass is 9.71. The Morgan fingerprint density at radius 1 is 1.25 bits per heavy atom. The summed E-state index contributed by atoms with van der Waals surface area (Å²) < 4.78 is 0. The average Bonchev–Trinajstić information content (AvgIpc) is 3.19. The second-order valence-corrected chi connectivity index (χ2v) is 6.99. The zero-order valence-corrected chi connectivity index (χ0v) is 11.8. The van der Waals surface area contributed by atoms with Crippen LogP contribution in [0.2, 0.25) is 0 Å². The molecule has 2 fully saturated rings. The molecule has 1 aromatic heterocycles. The Balaban J connectivity index is 1.74. The van der Waals surface area contributed by atoms with Gasteiger partial charge in [0.15, 0.2) is 0 Å². The van der Waals surface area contributed by atoms with Crippen LogP contribution in [-0.2, 0) is 12.8 Å². The lowest BCUT2D eigenvalue weighted by Gasteiger charge is -2.34. The summed E-state index contributed by atoms with van der Waals surface area (Å²) in [6.07, 6.45) is 10.9. The van der Waals surface area contributed by atoms with Gasteiger partial charge in [-0.25, -0.2) is 4.79 Å². The van der Waals surface area contributed by atoms with Crippen molar-refractivity contribution in [1.82, 2.24) is 4.98 Å². The number of aromatic nitrogens is 1. The number of aryl methyl sites for hydroxylation is 1. The molecule has 1 N–H and O–H groups in total. The molecule has 1 spiro atoms. The fourth-order valence-corrected chi connectivity index (χ4v) is 4.25. The van der Waals surface area contributed by atoms with Crippen LogP contribution in [0.4, 0.5) is 0 Å². The molecule has 0 saturated heterocycles. The highest BCUT2D eigenvalue weighted by atomic mass is 16.4. The second kappa shape index (κ2) is 4.31. The van der Waals surface area contributed by atoms with Crippen LogP contribution in [0.5, 0.6) is 0 Å². The Bertz CT molecular complexity index is 569. The smallest absolute Gasteiger partial charge is 0.337 e. The maximum atomic E-state index is 11.5. The zero-order valence-electron chi connectivity index (χ0n) is 11.8. The van der Waals surface area contributed by atoms with E-state index in [-0.39, 0.29) is 0 Å². The van der Waals surface area contributed by atoms with E-state index in [1.807, 2.05) is 6.07 Å². The molecular formula is C17H21NO2. The highest BCUT2D eigenvalue weighted by molar-refractivity contribution is 5.89. The van der Waals surface area contributed by atoms with Gasteiger partial charge in [-0.05, 0) is 62.0 Å². The molecule has 1 heterocycles. The summed E-state index contributed by atoms with van der Waals surface area (Å²) in [5.74, 6) is -0.387. The number of fused-ring (bicyclic) bond motifs is 1. The Morgan fingerprint density at radius 2 is 2.00 bits per heavy atom. The minimum Gasteiger partial charge on any atom is -0.478 e. The summed E-state index contributed by atoms with van der Waals surface area (Å²) in [4.78, 5) is 16.3. The van der Waals surface area contributed by atoms with Crippen molar-refractivity contribution in [2.24, 2.45) is 5.41 Å². The first kappa shape index (κ1) is 12.4. The molecule has 1 aromatic rings. The van der Waals surface area contributed by atoms with Crippen LogP contribution in [0.25, 0.3) is 0 Å². The molecule has 106 valence electrons. The number of hydrogen-bond acceptors (Lipinski definition) is 2.